The molecule has 0 saturated carbocycles. The van der Waals surface area contributed by atoms with Gasteiger partial charge in [0.25, 0.3) is 0 Å². The van der Waals surface area contributed by atoms with Gasteiger partial charge in [0.05, 0.1) is 13.2 Å². The lowest BCUT2D eigenvalue weighted by Crippen LogP contribution is -2.53. The van der Waals surface area contributed by atoms with E-state index in [9.17, 15) is 9.59 Å². The Morgan fingerprint density at radius 2 is 2.21 bits per heavy atom. The third-order valence-corrected chi connectivity index (χ3v) is 4.24. The molecule has 110 valence electrons. The molecule has 1 aliphatic heterocycles. The van der Waals surface area contributed by atoms with Gasteiger partial charge in [-0.25, -0.2) is 4.79 Å². The minimum atomic E-state index is -0.426. The van der Waals surface area contributed by atoms with Gasteiger partial charge in [-0.3, -0.25) is 4.79 Å². The average molecular weight is 288 g/mol. The first-order valence-electron chi connectivity index (χ1n) is 6.87. The highest BCUT2D eigenvalue weighted by Gasteiger charge is 2.33. The van der Waals surface area contributed by atoms with Crippen LogP contribution in [0, 0.1) is 0 Å². The molecular weight excluding hydrogens is 264 g/mol. The molecule has 1 fully saturated rings. The van der Waals surface area contributed by atoms with E-state index in [1.165, 1.54) is 0 Å². The van der Waals surface area contributed by atoms with E-state index in [0.29, 0.717) is 24.9 Å². The zero-order chi connectivity index (χ0) is 14.3. The van der Waals surface area contributed by atoms with Gasteiger partial charge in [0.15, 0.2) is 0 Å². The van der Waals surface area contributed by atoms with Crippen molar-refractivity contribution in [1.29, 1.82) is 0 Å². The molecule has 0 aliphatic carbocycles. The maximum atomic E-state index is 12.2. The summed E-state index contributed by atoms with van der Waals surface area (Å²) < 4.78 is 5.04. The fraction of sp³-hybridized carbons (Fsp3) is 0.846. The summed E-state index contributed by atoms with van der Waals surface area (Å²) in [4.78, 5) is 25.7. The number of rotatable bonds is 6. The molecule has 1 aliphatic rings. The molecule has 1 rings (SSSR count). The Hall–Kier alpha value is -0.750. The fourth-order valence-electron chi connectivity index (χ4n) is 1.84. The van der Waals surface area contributed by atoms with Crippen LogP contribution in [-0.4, -0.2) is 60.1 Å². The summed E-state index contributed by atoms with van der Waals surface area (Å²) in [6.07, 6.45) is 0.977. The highest BCUT2D eigenvalue weighted by atomic mass is 32.2. The lowest BCUT2D eigenvalue weighted by atomic mass is 10.2. The number of nitrogens with zero attached hydrogens (tertiary/aromatic N) is 1. The maximum absolute atomic E-state index is 12.2. The largest absolute Gasteiger partial charge is 0.464 e. The Bertz CT molecular complexity index is 312. The predicted molar refractivity (Wildman–Crippen MR) is 77.2 cm³/mol. The van der Waals surface area contributed by atoms with E-state index >= 15 is 0 Å². The number of hydrogen-bond donors (Lipinski definition) is 1. The molecule has 1 heterocycles. The van der Waals surface area contributed by atoms with Crippen LogP contribution in [0.25, 0.3) is 0 Å². The Kier molecular flexibility index (Phi) is 7.23. The van der Waals surface area contributed by atoms with Gasteiger partial charge in [0, 0.05) is 24.1 Å². The molecular formula is C13H24N2O3S. The molecule has 19 heavy (non-hydrogen) atoms. The minimum Gasteiger partial charge on any atom is -0.464 e. The second kappa shape index (κ2) is 8.43. The lowest BCUT2D eigenvalue weighted by molar-refractivity contribution is -0.153. The average Bonchev–Trinajstić information content (AvgIpc) is 2.44. The lowest BCUT2D eigenvalue weighted by Gasteiger charge is -2.34. The van der Waals surface area contributed by atoms with Gasteiger partial charge in [0.2, 0.25) is 5.91 Å². The second-order valence-electron chi connectivity index (χ2n) is 4.62. The Morgan fingerprint density at radius 1 is 1.47 bits per heavy atom. The van der Waals surface area contributed by atoms with E-state index in [4.69, 9.17) is 4.74 Å². The number of amides is 1. The van der Waals surface area contributed by atoms with Crippen LogP contribution in [0.3, 0.4) is 0 Å². The maximum Gasteiger partial charge on any atom is 0.329 e. The van der Waals surface area contributed by atoms with Crippen molar-refractivity contribution in [2.75, 3.05) is 31.2 Å². The molecule has 1 N–H and O–H groups in total. The molecule has 2 atom stereocenters. The number of carbonyl (C=O) groups excluding carboxylic acids is 2. The Balaban J connectivity index is 2.55. The van der Waals surface area contributed by atoms with Gasteiger partial charge in [-0.05, 0) is 20.3 Å². The summed E-state index contributed by atoms with van der Waals surface area (Å²) in [5.41, 5.74) is 0. The van der Waals surface area contributed by atoms with Crippen molar-refractivity contribution in [1.82, 2.24) is 10.2 Å². The molecule has 5 nitrogen and oxygen atoms in total. The third-order valence-electron chi connectivity index (χ3n) is 3.22. The van der Waals surface area contributed by atoms with Crippen LogP contribution in [0.1, 0.15) is 27.2 Å². The summed E-state index contributed by atoms with van der Waals surface area (Å²) >= 11 is 1.69. The third kappa shape index (κ3) is 5.03. The first-order chi connectivity index (χ1) is 9.10. The number of hydrogen-bond acceptors (Lipinski definition) is 5. The highest BCUT2D eigenvalue weighted by molar-refractivity contribution is 7.99. The first-order valence-corrected chi connectivity index (χ1v) is 8.02. The van der Waals surface area contributed by atoms with Crippen LogP contribution in [0.2, 0.25) is 0 Å². The summed E-state index contributed by atoms with van der Waals surface area (Å²) in [5.74, 6) is 1.21. The van der Waals surface area contributed by atoms with Crippen molar-refractivity contribution in [2.45, 2.75) is 39.3 Å². The molecule has 0 aromatic carbocycles. The molecule has 0 bridgehead atoms. The van der Waals surface area contributed by atoms with Crippen molar-refractivity contribution >= 4 is 23.6 Å². The fourth-order valence-corrected chi connectivity index (χ4v) is 2.88. The molecule has 0 spiro atoms. The van der Waals surface area contributed by atoms with Gasteiger partial charge in [0.1, 0.15) is 6.04 Å². The van der Waals surface area contributed by atoms with Crippen molar-refractivity contribution < 1.29 is 14.3 Å². The van der Waals surface area contributed by atoms with Gasteiger partial charge in [-0.2, -0.15) is 11.8 Å². The van der Waals surface area contributed by atoms with Gasteiger partial charge in [-0.1, -0.05) is 6.92 Å². The van der Waals surface area contributed by atoms with Gasteiger partial charge < -0.3 is 15.0 Å². The van der Waals surface area contributed by atoms with Crippen molar-refractivity contribution in [3.63, 3.8) is 0 Å². The smallest absolute Gasteiger partial charge is 0.329 e. The molecule has 2 unspecified atom stereocenters. The molecule has 6 heteroatoms. The van der Waals surface area contributed by atoms with Crippen LogP contribution in [0.15, 0.2) is 0 Å². The zero-order valence-electron chi connectivity index (χ0n) is 12.0. The van der Waals surface area contributed by atoms with Crippen LogP contribution in [0.4, 0.5) is 0 Å². The number of nitrogens with one attached hydrogen (secondary N) is 1. The van der Waals surface area contributed by atoms with Crippen LogP contribution in [-0.2, 0) is 14.3 Å². The van der Waals surface area contributed by atoms with E-state index < -0.39 is 6.04 Å². The summed E-state index contributed by atoms with van der Waals surface area (Å²) in [5, 5.41) is 3.17. The number of thioether (sulfide) groups is 1. The topological polar surface area (TPSA) is 58.6 Å². The Labute approximate surface area is 119 Å². The van der Waals surface area contributed by atoms with Crippen LogP contribution < -0.4 is 5.32 Å². The zero-order valence-corrected chi connectivity index (χ0v) is 12.8. The van der Waals surface area contributed by atoms with Crippen molar-refractivity contribution in [3.8, 4) is 0 Å². The van der Waals surface area contributed by atoms with E-state index in [1.54, 1.807) is 23.6 Å². The van der Waals surface area contributed by atoms with E-state index in [0.717, 1.165) is 12.2 Å². The van der Waals surface area contributed by atoms with E-state index in [2.05, 4.69) is 12.2 Å². The van der Waals surface area contributed by atoms with Gasteiger partial charge >= 0.3 is 5.97 Å². The molecule has 1 saturated heterocycles. The molecule has 0 radical (unpaired) electrons. The van der Waals surface area contributed by atoms with Crippen LogP contribution in [0.5, 0.6) is 0 Å². The predicted octanol–water partition coefficient (Wildman–Crippen LogP) is 0.882. The monoisotopic (exact) mass is 288 g/mol. The molecule has 0 aromatic heterocycles. The summed E-state index contributed by atoms with van der Waals surface area (Å²) in [6, 6.07) is -0.117. The molecule has 0 aromatic rings. The first kappa shape index (κ1) is 16.3. The van der Waals surface area contributed by atoms with Gasteiger partial charge in [-0.15, -0.1) is 0 Å². The quantitative estimate of drug-likeness (QED) is 0.735. The summed E-state index contributed by atoms with van der Waals surface area (Å²) in [7, 11) is 0. The van der Waals surface area contributed by atoms with Crippen LogP contribution >= 0.6 is 11.8 Å². The SMILES string of the molecule is CCOC(=O)C1CSCCN1C(=O)CNC(C)CC. The Morgan fingerprint density at radius 3 is 2.84 bits per heavy atom. The van der Waals surface area contributed by atoms with E-state index in [-0.39, 0.29) is 18.4 Å². The standard InChI is InChI=1S/C13H24N2O3S/c1-4-10(3)14-8-12(16)15-6-7-19-9-11(15)13(17)18-5-2/h10-11,14H,4-9H2,1-3H3. The van der Waals surface area contributed by atoms with Crippen molar-refractivity contribution in [3.05, 3.63) is 0 Å². The minimum absolute atomic E-state index is 0.0151. The van der Waals surface area contributed by atoms with Crippen molar-refractivity contribution in [2.24, 2.45) is 0 Å². The second-order valence-corrected chi connectivity index (χ2v) is 5.77. The summed E-state index contributed by atoms with van der Waals surface area (Å²) in [6.45, 7) is 7.16. The molecule has 1 amide bonds. The number of esters is 1. The van der Waals surface area contributed by atoms with E-state index in [1.807, 2.05) is 6.92 Å². The number of carbonyl (C=O) groups is 2. The highest BCUT2D eigenvalue weighted by Crippen LogP contribution is 2.17. The normalized spacial score (nSPS) is 21.0. The number of ether oxygens (including phenoxy) is 1.